The molecular formula is C35H25NOS. The minimum atomic E-state index is 0.265. The number of rotatable bonds is 4. The summed E-state index contributed by atoms with van der Waals surface area (Å²) in [5, 5.41) is 16.7. The van der Waals surface area contributed by atoms with Crippen LogP contribution >= 0.6 is 11.3 Å². The van der Waals surface area contributed by atoms with Crippen LogP contribution in [0.3, 0.4) is 0 Å². The van der Waals surface area contributed by atoms with Gasteiger partial charge in [-0.25, -0.2) is 0 Å². The monoisotopic (exact) mass is 507 g/mol. The van der Waals surface area contributed by atoms with Gasteiger partial charge in [-0.15, -0.1) is 11.3 Å². The third-order valence-electron chi connectivity index (χ3n) is 7.24. The van der Waals surface area contributed by atoms with E-state index in [-0.39, 0.29) is 5.75 Å². The van der Waals surface area contributed by atoms with Crippen LogP contribution in [0.2, 0.25) is 0 Å². The number of phenols is 1. The van der Waals surface area contributed by atoms with E-state index in [9.17, 15) is 5.11 Å². The first-order valence-electron chi connectivity index (χ1n) is 12.8. The van der Waals surface area contributed by atoms with Crippen molar-refractivity contribution in [2.75, 3.05) is 4.90 Å². The van der Waals surface area contributed by atoms with E-state index in [0.29, 0.717) is 0 Å². The molecule has 0 saturated heterocycles. The maximum atomic E-state index is 11.6. The van der Waals surface area contributed by atoms with Crippen molar-refractivity contribution in [1.29, 1.82) is 0 Å². The predicted molar refractivity (Wildman–Crippen MR) is 163 cm³/mol. The highest BCUT2D eigenvalue weighted by Crippen LogP contribution is 2.46. The highest BCUT2D eigenvalue weighted by molar-refractivity contribution is 7.26. The van der Waals surface area contributed by atoms with Crippen molar-refractivity contribution in [3.05, 3.63) is 133 Å². The molecule has 0 radical (unpaired) electrons. The molecule has 0 amide bonds. The molecule has 0 bridgehead atoms. The summed E-state index contributed by atoms with van der Waals surface area (Å²) in [5.41, 5.74) is 5.76. The van der Waals surface area contributed by atoms with Gasteiger partial charge in [0.2, 0.25) is 0 Å². The van der Waals surface area contributed by atoms with E-state index in [2.05, 4.69) is 90.7 Å². The molecule has 0 aliphatic heterocycles. The van der Waals surface area contributed by atoms with Crippen LogP contribution in [0.1, 0.15) is 5.56 Å². The number of nitrogens with zero attached hydrogens (tertiary/aromatic N) is 1. The molecule has 0 spiro atoms. The van der Waals surface area contributed by atoms with Gasteiger partial charge in [0.05, 0.1) is 5.69 Å². The Bertz CT molecular complexity index is 1940. The van der Waals surface area contributed by atoms with Crippen LogP contribution < -0.4 is 4.90 Å². The van der Waals surface area contributed by atoms with Crippen molar-refractivity contribution in [1.82, 2.24) is 0 Å². The van der Waals surface area contributed by atoms with Gasteiger partial charge in [0.25, 0.3) is 0 Å². The lowest BCUT2D eigenvalue weighted by Gasteiger charge is -2.27. The topological polar surface area (TPSA) is 23.5 Å². The normalized spacial score (nSPS) is 11.4. The van der Waals surface area contributed by atoms with E-state index in [1.165, 1.54) is 36.5 Å². The Morgan fingerprint density at radius 1 is 0.605 bits per heavy atom. The minimum Gasteiger partial charge on any atom is -0.505 e. The summed E-state index contributed by atoms with van der Waals surface area (Å²) in [5.74, 6) is 0.265. The van der Waals surface area contributed by atoms with E-state index in [1.54, 1.807) is 0 Å². The summed E-state index contributed by atoms with van der Waals surface area (Å²) in [4.78, 5) is 2.16. The standard InChI is InChI=1S/C35H25NOS/c1-23-14-17-26(18-15-23)36(31-13-7-12-29(35(31)37)24-8-3-2-4-9-24)27-19-20-30-33(22-27)38-32-21-16-25-10-5-6-11-28(25)34(30)32/h2-22,37H,1H3. The maximum absolute atomic E-state index is 11.6. The number of fused-ring (bicyclic) bond motifs is 5. The lowest BCUT2D eigenvalue weighted by molar-refractivity contribution is 0.478. The molecule has 0 aliphatic carbocycles. The number of hydrogen-bond acceptors (Lipinski definition) is 3. The van der Waals surface area contributed by atoms with Crippen molar-refractivity contribution < 1.29 is 5.11 Å². The van der Waals surface area contributed by atoms with Gasteiger partial charge in [-0.1, -0.05) is 96.6 Å². The molecule has 7 rings (SSSR count). The van der Waals surface area contributed by atoms with E-state index >= 15 is 0 Å². The smallest absolute Gasteiger partial charge is 0.147 e. The molecule has 7 aromatic rings. The third kappa shape index (κ3) is 3.71. The highest BCUT2D eigenvalue weighted by atomic mass is 32.1. The minimum absolute atomic E-state index is 0.265. The van der Waals surface area contributed by atoms with Crippen LogP contribution in [0.5, 0.6) is 5.75 Å². The molecule has 0 aliphatic rings. The van der Waals surface area contributed by atoms with Gasteiger partial charge in [-0.05, 0) is 59.7 Å². The van der Waals surface area contributed by atoms with Crippen molar-refractivity contribution in [2.24, 2.45) is 0 Å². The molecule has 2 nitrogen and oxygen atoms in total. The van der Waals surface area contributed by atoms with Gasteiger partial charge < -0.3 is 10.0 Å². The molecule has 182 valence electrons. The van der Waals surface area contributed by atoms with Gasteiger partial charge in [-0.3, -0.25) is 0 Å². The fourth-order valence-electron chi connectivity index (χ4n) is 5.36. The number of anilines is 3. The average Bonchev–Trinajstić information content (AvgIpc) is 3.34. The predicted octanol–water partition coefficient (Wildman–Crippen LogP) is 10.4. The SMILES string of the molecule is Cc1ccc(N(c2ccc3c(c2)sc2ccc4ccccc4c23)c2cccc(-c3ccccc3)c2O)cc1. The molecule has 3 heteroatoms. The first-order chi connectivity index (χ1) is 18.7. The first kappa shape index (κ1) is 22.6. The summed E-state index contributed by atoms with van der Waals surface area (Å²) in [7, 11) is 0. The average molecular weight is 508 g/mol. The largest absolute Gasteiger partial charge is 0.505 e. The summed E-state index contributed by atoms with van der Waals surface area (Å²) in [6, 6.07) is 44.2. The molecule has 6 aromatic carbocycles. The van der Waals surface area contributed by atoms with E-state index in [0.717, 1.165) is 28.2 Å². The van der Waals surface area contributed by atoms with Crippen LogP contribution in [0, 0.1) is 6.92 Å². The van der Waals surface area contributed by atoms with Gasteiger partial charge in [0.1, 0.15) is 5.75 Å². The number of aromatic hydroxyl groups is 1. The van der Waals surface area contributed by atoms with E-state index < -0.39 is 0 Å². The fraction of sp³-hybridized carbons (Fsp3) is 0.0286. The number of aryl methyl sites for hydroxylation is 1. The van der Waals surface area contributed by atoms with Gasteiger partial charge in [0, 0.05) is 37.1 Å². The Morgan fingerprint density at radius 2 is 1.37 bits per heavy atom. The van der Waals surface area contributed by atoms with Crippen LogP contribution in [0.4, 0.5) is 17.1 Å². The zero-order valence-corrected chi connectivity index (χ0v) is 21.7. The summed E-state index contributed by atoms with van der Waals surface area (Å²) in [6.07, 6.45) is 0. The Hall–Kier alpha value is -4.60. The number of para-hydroxylation sites is 1. The van der Waals surface area contributed by atoms with E-state index in [4.69, 9.17) is 0 Å². The van der Waals surface area contributed by atoms with E-state index in [1.807, 2.05) is 59.9 Å². The Labute approximate surface area is 225 Å². The quantitative estimate of drug-likeness (QED) is 0.256. The highest BCUT2D eigenvalue weighted by Gasteiger charge is 2.20. The number of thiophene rings is 1. The van der Waals surface area contributed by atoms with Crippen LogP contribution in [0.15, 0.2) is 127 Å². The van der Waals surface area contributed by atoms with Crippen LogP contribution in [-0.4, -0.2) is 5.11 Å². The molecule has 0 saturated carbocycles. The Balaban J connectivity index is 1.45. The number of hydrogen-bond donors (Lipinski definition) is 1. The van der Waals surface area contributed by atoms with Crippen molar-refractivity contribution >= 4 is 59.3 Å². The lowest BCUT2D eigenvalue weighted by atomic mass is 10.0. The number of benzene rings is 6. The van der Waals surface area contributed by atoms with Crippen LogP contribution in [0.25, 0.3) is 42.1 Å². The molecule has 0 fully saturated rings. The van der Waals surface area contributed by atoms with Gasteiger partial charge >= 0.3 is 0 Å². The van der Waals surface area contributed by atoms with Crippen molar-refractivity contribution in [3.8, 4) is 16.9 Å². The zero-order valence-electron chi connectivity index (χ0n) is 20.9. The molecule has 0 unspecified atom stereocenters. The summed E-state index contributed by atoms with van der Waals surface area (Å²) < 4.78 is 2.51. The second-order valence-corrected chi connectivity index (χ2v) is 10.7. The Kier molecular flexibility index (Phi) is 5.38. The van der Waals surface area contributed by atoms with Crippen LogP contribution in [-0.2, 0) is 0 Å². The maximum Gasteiger partial charge on any atom is 0.147 e. The third-order valence-corrected chi connectivity index (χ3v) is 8.35. The van der Waals surface area contributed by atoms with Crippen molar-refractivity contribution in [2.45, 2.75) is 6.92 Å². The lowest BCUT2D eigenvalue weighted by Crippen LogP contribution is -2.10. The second-order valence-electron chi connectivity index (χ2n) is 9.65. The number of phenolic OH excluding ortho intramolecular Hbond substituents is 1. The zero-order chi connectivity index (χ0) is 25.6. The molecule has 1 N–H and O–H groups in total. The molecule has 38 heavy (non-hydrogen) atoms. The second kappa shape index (κ2) is 9.05. The molecule has 1 aromatic heterocycles. The van der Waals surface area contributed by atoms with Crippen molar-refractivity contribution in [3.63, 3.8) is 0 Å². The first-order valence-corrected chi connectivity index (χ1v) is 13.6. The summed E-state index contributed by atoms with van der Waals surface area (Å²) in [6.45, 7) is 2.09. The van der Waals surface area contributed by atoms with Gasteiger partial charge in [-0.2, -0.15) is 0 Å². The summed E-state index contributed by atoms with van der Waals surface area (Å²) >= 11 is 1.82. The van der Waals surface area contributed by atoms with Gasteiger partial charge in [0.15, 0.2) is 0 Å². The molecule has 0 atom stereocenters. The fourth-order valence-corrected chi connectivity index (χ4v) is 6.51. The molecule has 1 heterocycles. The molecular weight excluding hydrogens is 482 g/mol. The Morgan fingerprint density at radius 3 is 2.21 bits per heavy atom.